The van der Waals surface area contributed by atoms with Crippen molar-refractivity contribution < 1.29 is 14.3 Å². The lowest BCUT2D eigenvalue weighted by molar-refractivity contribution is -0.142. The van der Waals surface area contributed by atoms with Crippen LogP contribution in [0.3, 0.4) is 0 Å². The van der Waals surface area contributed by atoms with Crippen molar-refractivity contribution in [1.29, 1.82) is 0 Å². The summed E-state index contributed by atoms with van der Waals surface area (Å²) in [5.74, 6) is 0.432. The Morgan fingerprint density at radius 3 is 2.48 bits per heavy atom. The van der Waals surface area contributed by atoms with Gasteiger partial charge in [-0.15, -0.1) is 0 Å². The van der Waals surface area contributed by atoms with Gasteiger partial charge < -0.3 is 15.0 Å². The molecule has 1 atom stereocenters. The molecule has 0 spiro atoms. The Bertz CT molecular complexity index is 904. The fraction of sp³-hybridized carbons (Fsp3) is 0.417. The van der Waals surface area contributed by atoms with Gasteiger partial charge in [0.15, 0.2) is 6.61 Å². The molecule has 0 radical (unpaired) electrons. The number of ether oxygens (including phenoxy) is 1. The van der Waals surface area contributed by atoms with Gasteiger partial charge in [0.2, 0.25) is 5.91 Å². The first kappa shape index (κ1) is 25.2. The number of carbonyl (C=O) groups is 2. The minimum Gasteiger partial charge on any atom is -0.483 e. The molecule has 5 nitrogen and oxygen atoms in total. The molecule has 2 rings (SSSR count). The fourth-order valence-electron chi connectivity index (χ4n) is 2.97. The Balaban J connectivity index is 2.15. The predicted octanol–water partition coefficient (Wildman–Crippen LogP) is 5.23. The van der Waals surface area contributed by atoms with E-state index < -0.39 is 6.04 Å². The second kappa shape index (κ2) is 12.1. The zero-order valence-corrected chi connectivity index (χ0v) is 20.8. The van der Waals surface area contributed by atoms with Crippen molar-refractivity contribution in [3.05, 3.63) is 63.1 Å². The van der Waals surface area contributed by atoms with Crippen LogP contribution in [0.15, 0.2) is 46.9 Å². The highest BCUT2D eigenvalue weighted by atomic mass is 79.9. The summed E-state index contributed by atoms with van der Waals surface area (Å²) in [6.45, 7) is 8.48. The van der Waals surface area contributed by atoms with E-state index in [1.54, 1.807) is 19.1 Å². The van der Waals surface area contributed by atoms with Crippen molar-refractivity contribution in [1.82, 2.24) is 10.2 Å². The number of nitrogens with one attached hydrogen (secondary N) is 1. The van der Waals surface area contributed by atoms with Gasteiger partial charge in [0, 0.05) is 18.1 Å². The molecule has 2 aromatic carbocycles. The second-order valence-corrected chi connectivity index (χ2v) is 9.16. The third-order valence-corrected chi connectivity index (χ3v) is 5.70. The van der Waals surface area contributed by atoms with Gasteiger partial charge in [-0.2, -0.15) is 0 Å². The number of nitrogens with zero attached hydrogens (tertiary/aromatic N) is 1. The summed E-state index contributed by atoms with van der Waals surface area (Å²) in [7, 11) is 0. The Hall–Kier alpha value is -2.05. The maximum absolute atomic E-state index is 13.1. The number of hydrogen-bond acceptors (Lipinski definition) is 3. The van der Waals surface area contributed by atoms with E-state index in [0.717, 1.165) is 16.5 Å². The van der Waals surface area contributed by atoms with Crippen molar-refractivity contribution in [2.75, 3.05) is 13.2 Å². The van der Waals surface area contributed by atoms with Crippen molar-refractivity contribution in [3.63, 3.8) is 0 Å². The van der Waals surface area contributed by atoms with E-state index in [9.17, 15) is 9.59 Å². The van der Waals surface area contributed by atoms with Gasteiger partial charge in [-0.1, -0.05) is 50.6 Å². The summed E-state index contributed by atoms with van der Waals surface area (Å²) in [5.41, 5.74) is 2.02. The molecule has 0 heterocycles. The highest BCUT2D eigenvalue weighted by Crippen LogP contribution is 2.26. The summed E-state index contributed by atoms with van der Waals surface area (Å²) in [4.78, 5) is 27.3. The normalized spacial score (nSPS) is 11.8. The summed E-state index contributed by atoms with van der Waals surface area (Å²) in [6.07, 6.45) is 0.911. The van der Waals surface area contributed by atoms with Crippen LogP contribution in [0.25, 0.3) is 0 Å². The molecule has 2 aromatic rings. The molecule has 0 aliphatic carbocycles. The SMILES string of the molecule is CCc1ccc(OCC(=O)N(Cc2cccc(Cl)c2)[C@H](C)C(=O)NCC(C)C)c(Br)c1. The topological polar surface area (TPSA) is 58.6 Å². The van der Waals surface area contributed by atoms with Crippen LogP contribution >= 0.6 is 27.5 Å². The number of aryl methyl sites for hydroxylation is 1. The summed E-state index contributed by atoms with van der Waals surface area (Å²) in [6, 6.07) is 12.4. The monoisotopic (exact) mass is 508 g/mol. The van der Waals surface area contributed by atoms with Gasteiger partial charge in [-0.25, -0.2) is 0 Å². The molecule has 2 amide bonds. The quantitative estimate of drug-likeness (QED) is 0.477. The maximum atomic E-state index is 13.1. The third-order valence-electron chi connectivity index (χ3n) is 4.85. The fourth-order valence-corrected chi connectivity index (χ4v) is 3.72. The van der Waals surface area contributed by atoms with E-state index in [-0.39, 0.29) is 25.0 Å². The zero-order valence-electron chi connectivity index (χ0n) is 18.5. The second-order valence-electron chi connectivity index (χ2n) is 7.87. The average Bonchev–Trinajstić information content (AvgIpc) is 2.74. The van der Waals surface area contributed by atoms with Crippen LogP contribution in [0.5, 0.6) is 5.75 Å². The van der Waals surface area contributed by atoms with Crippen LogP contribution in [-0.2, 0) is 22.6 Å². The Morgan fingerprint density at radius 1 is 1.13 bits per heavy atom. The van der Waals surface area contributed by atoms with Gasteiger partial charge >= 0.3 is 0 Å². The summed E-state index contributed by atoms with van der Waals surface area (Å²) in [5, 5.41) is 3.48. The molecule has 0 unspecified atom stereocenters. The number of benzene rings is 2. The van der Waals surface area contributed by atoms with Crippen LogP contribution in [0.1, 0.15) is 38.8 Å². The Kier molecular flexibility index (Phi) is 9.85. The van der Waals surface area contributed by atoms with Crippen LogP contribution in [0, 0.1) is 5.92 Å². The first-order valence-corrected chi connectivity index (χ1v) is 11.6. The molecular formula is C24H30BrClN2O3. The molecule has 0 fully saturated rings. The first-order valence-electron chi connectivity index (χ1n) is 10.4. The molecule has 0 aliphatic rings. The largest absolute Gasteiger partial charge is 0.483 e. The molecule has 0 bridgehead atoms. The van der Waals surface area contributed by atoms with E-state index in [0.29, 0.717) is 23.2 Å². The van der Waals surface area contributed by atoms with Crippen LogP contribution in [0.4, 0.5) is 0 Å². The molecule has 7 heteroatoms. The molecule has 168 valence electrons. The highest BCUT2D eigenvalue weighted by Gasteiger charge is 2.26. The lowest BCUT2D eigenvalue weighted by Crippen LogP contribution is -2.49. The lowest BCUT2D eigenvalue weighted by Gasteiger charge is -2.29. The average molecular weight is 510 g/mol. The molecule has 0 aromatic heterocycles. The molecule has 0 saturated heterocycles. The maximum Gasteiger partial charge on any atom is 0.261 e. The van der Waals surface area contributed by atoms with Gasteiger partial charge in [0.1, 0.15) is 11.8 Å². The third kappa shape index (κ3) is 7.86. The zero-order chi connectivity index (χ0) is 23.0. The van der Waals surface area contributed by atoms with E-state index in [1.807, 2.05) is 44.2 Å². The number of carbonyl (C=O) groups excluding carboxylic acids is 2. The number of halogens is 2. The first-order chi connectivity index (χ1) is 14.7. The molecule has 1 N–H and O–H groups in total. The van der Waals surface area contributed by atoms with E-state index in [2.05, 4.69) is 28.2 Å². The smallest absolute Gasteiger partial charge is 0.261 e. The van der Waals surface area contributed by atoms with Gasteiger partial charge in [-0.3, -0.25) is 9.59 Å². The minimum absolute atomic E-state index is 0.174. The minimum atomic E-state index is -0.653. The van der Waals surface area contributed by atoms with E-state index in [4.69, 9.17) is 16.3 Å². The van der Waals surface area contributed by atoms with Gasteiger partial charge in [-0.05, 0) is 70.6 Å². The Morgan fingerprint density at radius 2 is 1.87 bits per heavy atom. The van der Waals surface area contributed by atoms with Crippen molar-refractivity contribution >= 4 is 39.3 Å². The van der Waals surface area contributed by atoms with Crippen molar-refractivity contribution in [3.8, 4) is 5.75 Å². The predicted molar refractivity (Wildman–Crippen MR) is 128 cm³/mol. The molecular weight excluding hydrogens is 480 g/mol. The number of rotatable bonds is 10. The lowest BCUT2D eigenvalue weighted by atomic mass is 10.1. The summed E-state index contributed by atoms with van der Waals surface area (Å²) < 4.78 is 6.57. The van der Waals surface area contributed by atoms with Crippen LogP contribution in [-0.4, -0.2) is 35.9 Å². The van der Waals surface area contributed by atoms with Crippen LogP contribution < -0.4 is 10.1 Å². The van der Waals surface area contributed by atoms with Crippen molar-refractivity contribution in [2.45, 2.75) is 46.7 Å². The molecule has 0 saturated carbocycles. The highest BCUT2D eigenvalue weighted by molar-refractivity contribution is 9.10. The number of hydrogen-bond donors (Lipinski definition) is 1. The summed E-state index contributed by atoms with van der Waals surface area (Å²) >= 11 is 9.60. The molecule has 0 aliphatic heterocycles. The number of amides is 2. The van der Waals surface area contributed by atoms with Crippen molar-refractivity contribution in [2.24, 2.45) is 5.92 Å². The van der Waals surface area contributed by atoms with Gasteiger partial charge in [0.05, 0.1) is 4.47 Å². The van der Waals surface area contributed by atoms with E-state index >= 15 is 0 Å². The van der Waals surface area contributed by atoms with Crippen LogP contribution in [0.2, 0.25) is 5.02 Å². The van der Waals surface area contributed by atoms with Gasteiger partial charge in [0.25, 0.3) is 5.91 Å². The standard InChI is InChI=1S/C24H30BrClN2O3/c1-5-18-9-10-22(21(25)12-18)31-15-23(29)28(14-19-7-6-8-20(26)11-19)17(4)24(30)27-13-16(2)3/h6-12,16-17H,5,13-15H2,1-4H3,(H,27,30)/t17-/m1/s1. The molecule has 31 heavy (non-hydrogen) atoms. The van der Waals surface area contributed by atoms with E-state index in [1.165, 1.54) is 10.5 Å². The Labute approximate surface area is 198 Å².